The van der Waals surface area contributed by atoms with Gasteiger partial charge in [-0.05, 0) is 48.7 Å². The number of nitrogens with zero attached hydrogens (tertiary/aromatic N) is 1. The third kappa shape index (κ3) is 5.65. The fraction of sp³-hybridized carbons (Fsp3) is 0.364. The van der Waals surface area contributed by atoms with E-state index in [1.807, 2.05) is 0 Å². The summed E-state index contributed by atoms with van der Waals surface area (Å²) in [4.78, 5) is 25.8. The van der Waals surface area contributed by atoms with E-state index >= 15 is 0 Å². The van der Waals surface area contributed by atoms with Gasteiger partial charge in [-0.25, -0.2) is 0 Å². The molecular weight excluding hydrogens is 424 g/mol. The minimum Gasteiger partial charge on any atom is -0.308 e. The van der Waals surface area contributed by atoms with Crippen molar-refractivity contribution in [3.63, 3.8) is 0 Å². The van der Waals surface area contributed by atoms with Gasteiger partial charge in [0.05, 0.1) is 17.7 Å². The Balaban J connectivity index is 1.99. The number of hydrogen-bond acceptors (Lipinski definition) is 2. The fourth-order valence-corrected chi connectivity index (χ4v) is 3.60. The molecule has 1 fully saturated rings. The Morgan fingerprint density at radius 2 is 1.39 bits per heavy atom. The quantitative estimate of drug-likeness (QED) is 0.543. The summed E-state index contributed by atoms with van der Waals surface area (Å²) in [6.07, 6.45) is -8.89. The normalized spacial score (nSPS) is 15.7. The average Bonchev–Trinajstić information content (AvgIpc) is 2.71. The minimum absolute atomic E-state index is 0.0306. The van der Waals surface area contributed by atoms with Crippen LogP contribution in [0, 0.1) is 5.92 Å². The zero-order chi connectivity index (χ0) is 22.8. The minimum atomic E-state index is -4.97. The number of carbonyl (C=O) groups is 2. The second-order valence-electron chi connectivity index (χ2n) is 7.49. The second-order valence-corrected chi connectivity index (χ2v) is 7.49. The first-order valence-corrected chi connectivity index (χ1v) is 9.61. The Bertz CT molecular complexity index is 910. The van der Waals surface area contributed by atoms with E-state index < -0.39 is 41.8 Å². The van der Waals surface area contributed by atoms with E-state index in [0.717, 1.165) is 0 Å². The van der Waals surface area contributed by atoms with Gasteiger partial charge in [0.1, 0.15) is 5.78 Å². The van der Waals surface area contributed by atoms with E-state index in [-0.39, 0.29) is 30.3 Å². The van der Waals surface area contributed by atoms with Gasteiger partial charge in [0.2, 0.25) is 5.91 Å². The smallest absolute Gasteiger partial charge is 0.308 e. The van der Waals surface area contributed by atoms with Crippen LogP contribution < -0.4 is 4.90 Å². The number of carbonyl (C=O) groups excluding carboxylic acids is 2. The zero-order valence-corrected chi connectivity index (χ0v) is 16.3. The molecule has 31 heavy (non-hydrogen) atoms. The lowest BCUT2D eigenvalue weighted by Gasteiger charge is -2.29. The predicted molar refractivity (Wildman–Crippen MR) is 101 cm³/mol. The van der Waals surface area contributed by atoms with E-state index in [0.29, 0.717) is 30.7 Å². The van der Waals surface area contributed by atoms with Crippen molar-refractivity contribution in [2.75, 3.05) is 4.90 Å². The average molecular weight is 443 g/mol. The van der Waals surface area contributed by atoms with Crippen molar-refractivity contribution in [3.05, 3.63) is 65.2 Å². The molecule has 0 N–H and O–H groups in total. The number of benzene rings is 2. The van der Waals surface area contributed by atoms with Crippen molar-refractivity contribution in [1.29, 1.82) is 0 Å². The van der Waals surface area contributed by atoms with E-state index in [1.165, 1.54) is 4.90 Å². The molecule has 0 aliphatic heterocycles. The fourth-order valence-electron chi connectivity index (χ4n) is 3.60. The van der Waals surface area contributed by atoms with Crippen molar-refractivity contribution in [3.8, 4) is 0 Å². The molecule has 0 bridgehead atoms. The van der Waals surface area contributed by atoms with Crippen molar-refractivity contribution in [2.45, 2.75) is 44.6 Å². The number of alkyl halides is 6. The third-order valence-electron chi connectivity index (χ3n) is 5.21. The van der Waals surface area contributed by atoms with Gasteiger partial charge in [0.15, 0.2) is 0 Å². The molecule has 0 unspecified atom stereocenters. The largest absolute Gasteiger partial charge is 0.416 e. The molecule has 1 aliphatic carbocycles. The number of halogens is 6. The topological polar surface area (TPSA) is 37.4 Å². The van der Waals surface area contributed by atoms with E-state index in [1.54, 1.807) is 30.3 Å². The highest BCUT2D eigenvalue weighted by atomic mass is 19.4. The van der Waals surface area contributed by atoms with E-state index in [4.69, 9.17) is 0 Å². The van der Waals surface area contributed by atoms with Crippen LogP contribution in [-0.2, 0) is 28.5 Å². The van der Waals surface area contributed by atoms with Crippen LogP contribution in [0.1, 0.15) is 42.4 Å². The summed E-state index contributed by atoms with van der Waals surface area (Å²) in [5, 5.41) is 0. The molecule has 0 spiro atoms. The maximum atomic E-state index is 13.2. The first kappa shape index (κ1) is 22.8. The summed E-state index contributed by atoms with van der Waals surface area (Å²) in [5.41, 5.74) is -2.79. The molecule has 3 rings (SSSR count). The summed E-state index contributed by atoms with van der Waals surface area (Å²) < 4.78 is 79.2. The molecule has 166 valence electrons. The van der Waals surface area contributed by atoms with Crippen LogP contribution in [0.2, 0.25) is 0 Å². The summed E-state index contributed by atoms with van der Waals surface area (Å²) in [6.45, 7) is -0.458. The third-order valence-corrected chi connectivity index (χ3v) is 5.21. The van der Waals surface area contributed by atoms with Crippen LogP contribution in [-0.4, -0.2) is 11.7 Å². The van der Waals surface area contributed by atoms with Crippen LogP contribution in [0.3, 0.4) is 0 Å². The van der Waals surface area contributed by atoms with E-state index in [9.17, 15) is 35.9 Å². The molecule has 2 aromatic carbocycles. The Hall–Kier alpha value is -2.84. The van der Waals surface area contributed by atoms with Gasteiger partial charge in [0, 0.05) is 24.4 Å². The summed E-state index contributed by atoms with van der Waals surface area (Å²) in [6, 6.07) is 9.35. The molecular formula is C22H19F6NO2. The van der Waals surface area contributed by atoms with Gasteiger partial charge in [-0.3, -0.25) is 9.59 Å². The van der Waals surface area contributed by atoms with Gasteiger partial charge in [-0.15, -0.1) is 0 Å². The molecule has 1 saturated carbocycles. The second kappa shape index (κ2) is 8.72. The van der Waals surface area contributed by atoms with Gasteiger partial charge >= 0.3 is 12.4 Å². The van der Waals surface area contributed by atoms with Crippen molar-refractivity contribution < 1.29 is 35.9 Å². The lowest BCUT2D eigenvalue weighted by Crippen LogP contribution is -2.37. The standard InChI is InChI=1S/C22H19F6NO2/c23-21(24,25)16-10-14(11-17(12-16)22(26,27)28)13-29(18-4-2-1-3-5-18)20(31)15-6-8-19(30)9-7-15/h1-5,10-12,15H,6-9,13H2. The van der Waals surface area contributed by atoms with Gasteiger partial charge in [-0.1, -0.05) is 18.2 Å². The molecule has 9 heteroatoms. The molecule has 0 saturated heterocycles. The van der Waals surface area contributed by atoms with Crippen LogP contribution >= 0.6 is 0 Å². The van der Waals surface area contributed by atoms with Crippen molar-refractivity contribution in [2.24, 2.45) is 5.92 Å². The maximum Gasteiger partial charge on any atom is 0.416 e. The molecule has 1 aliphatic rings. The first-order chi connectivity index (χ1) is 14.4. The highest BCUT2D eigenvalue weighted by Crippen LogP contribution is 2.37. The highest BCUT2D eigenvalue weighted by Gasteiger charge is 2.37. The van der Waals surface area contributed by atoms with E-state index in [2.05, 4.69) is 0 Å². The molecule has 0 radical (unpaired) electrons. The van der Waals surface area contributed by atoms with Crippen LogP contribution in [0.5, 0.6) is 0 Å². The molecule has 3 nitrogen and oxygen atoms in total. The number of amides is 1. The SMILES string of the molecule is O=C1CCC(C(=O)N(Cc2cc(C(F)(F)F)cc(C(F)(F)F)c2)c2ccccc2)CC1. The Morgan fingerprint density at radius 3 is 1.87 bits per heavy atom. The van der Waals surface area contributed by atoms with Crippen molar-refractivity contribution >= 4 is 17.4 Å². The molecule has 0 atom stereocenters. The zero-order valence-electron chi connectivity index (χ0n) is 16.3. The number of hydrogen-bond donors (Lipinski definition) is 0. The lowest BCUT2D eigenvalue weighted by atomic mass is 9.87. The van der Waals surface area contributed by atoms with Crippen LogP contribution in [0.4, 0.5) is 32.0 Å². The molecule has 2 aromatic rings. The molecule has 1 amide bonds. The molecule has 0 aromatic heterocycles. The number of Topliss-reactive ketones (excluding diaryl/α,β-unsaturated/α-hetero) is 1. The first-order valence-electron chi connectivity index (χ1n) is 9.61. The Labute approximate surface area is 174 Å². The maximum absolute atomic E-state index is 13.2. The summed E-state index contributed by atoms with van der Waals surface area (Å²) >= 11 is 0. The predicted octanol–water partition coefficient (Wildman–Crippen LogP) is 6.02. The van der Waals surface area contributed by atoms with Crippen LogP contribution in [0.15, 0.2) is 48.5 Å². The number of ketones is 1. The Kier molecular flexibility index (Phi) is 6.43. The lowest BCUT2D eigenvalue weighted by molar-refractivity contribution is -0.143. The van der Waals surface area contributed by atoms with Gasteiger partial charge in [-0.2, -0.15) is 26.3 Å². The monoisotopic (exact) mass is 443 g/mol. The highest BCUT2D eigenvalue weighted by molar-refractivity contribution is 5.96. The molecule has 0 heterocycles. The number of para-hydroxylation sites is 1. The number of rotatable bonds is 4. The van der Waals surface area contributed by atoms with Gasteiger partial charge < -0.3 is 4.90 Å². The summed E-state index contributed by atoms with van der Waals surface area (Å²) in [7, 11) is 0. The number of anilines is 1. The van der Waals surface area contributed by atoms with Crippen molar-refractivity contribution in [1.82, 2.24) is 0 Å². The van der Waals surface area contributed by atoms with Gasteiger partial charge in [0.25, 0.3) is 0 Å². The Morgan fingerprint density at radius 1 is 0.871 bits per heavy atom. The summed E-state index contributed by atoms with van der Waals surface area (Å²) in [5.74, 6) is -0.918. The van der Waals surface area contributed by atoms with Crippen LogP contribution in [0.25, 0.3) is 0 Å².